The zero-order valence-electron chi connectivity index (χ0n) is 9.53. The van der Waals surface area contributed by atoms with Crippen LogP contribution in [-0.2, 0) is 0 Å². The highest BCUT2D eigenvalue weighted by Gasteiger charge is 2.13. The lowest BCUT2D eigenvalue weighted by molar-refractivity contribution is 0.0680. The number of hydrogen-bond donors (Lipinski definition) is 1. The number of likely N-dealkylation sites (N-methyl/N-ethyl adjacent to an activating group) is 1. The molecule has 0 aliphatic rings. The van der Waals surface area contributed by atoms with E-state index in [1.807, 2.05) is 25.1 Å². The number of aryl methyl sites for hydroxylation is 1. The van der Waals surface area contributed by atoms with E-state index in [1.54, 1.807) is 13.1 Å². The van der Waals surface area contributed by atoms with Crippen molar-refractivity contribution in [2.75, 3.05) is 20.1 Å². The Hall–Kier alpha value is -1.00. The summed E-state index contributed by atoms with van der Waals surface area (Å²) in [5, 5.41) is 9.84. The number of aliphatic hydroxyl groups is 1. The van der Waals surface area contributed by atoms with Gasteiger partial charge >= 0.3 is 0 Å². The second-order valence-electron chi connectivity index (χ2n) is 4.04. The summed E-state index contributed by atoms with van der Waals surface area (Å²) in [5.41, 5.74) is 1.81. The van der Waals surface area contributed by atoms with Crippen LogP contribution in [0.25, 0.3) is 0 Å². The van der Waals surface area contributed by atoms with E-state index in [4.69, 9.17) is 0 Å². The number of nitrogens with zero attached hydrogens (tertiary/aromatic N) is 1. The first-order valence-electron chi connectivity index (χ1n) is 5.20. The summed E-state index contributed by atoms with van der Waals surface area (Å²) in [7, 11) is 1.57. The van der Waals surface area contributed by atoms with Gasteiger partial charge in [-0.3, -0.25) is 4.90 Å². The standard InChI is InChI=1S/C12H17F2NO/c1-9-4-3-5-10(6-9)11(16)7-15(2)8-12(13)14/h3-6,11-12,16H,7-8H2,1-2H3. The third-order valence-electron chi connectivity index (χ3n) is 2.36. The first kappa shape index (κ1) is 13.1. The quantitative estimate of drug-likeness (QED) is 0.837. The zero-order chi connectivity index (χ0) is 12.1. The summed E-state index contributed by atoms with van der Waals surface area (Å²) in [5.74, 6) is 0. The Morgan fingerprint density at radius 2 is 2.00 bits per heavy atom. The molecule has 0 saturated carbocycles. The summed E-state index contributed by atoms with van der Waals surface area (Å²) in [6.45, 7) is 1.83. The number of aliphatic hydroxyl groups excluding tert-OH is 1. The van der Waals surface area contributed by atoms with Crippen molar-refractivity contribution >= 4 is 0 Å². The van der Waals surface area contributed by atoms with Gasteiger partial charge in [0.1, 0.15) is 0 Å². The van der Waals surface area contributed by atoms with Gasteiger partial charge in [-0.05, 0) is 19.5 Å². The van der Waals surface area contributed by atoms with E-state index in [0.717, 1.165) is 11.1 Å². The molecule has 1 rings (SSSR count). The first-order valence-corrected chi connectivity index (χ1v) is 5.20. The molecule has 1 N–H and O–H groups in total. The maximum atomic E-state index is 12.1. The fourth-order valence-electron chi connectivity index (χ4n) is 1.59. The van der Waals surface area contributed by atoms with E-state index in [0.29, 0.717) is 0 Å². The molecule has 4 heteroatoms. The smallest absolute Gasteiger partial charge is 0.251 e. The van der Waals surface area contributed by atoms with Gasteiger partial charge in [0.25, 0.3) is 6.43 Å². The van der Waals surface area contributed by atoms with Gasteiger partial charge in [-0.1, -0.05) is 29.8 Å². The molecule has 0 fully saturated rings. The van der Waals surface area contributed by atoms with Gasteiger partial charge in [-0.15, -0.1) is 0 Å². The molecule has 0 aromatic heterocycles. The Morgan fingerprint density at radius 1 is 1.31 bits per heavy atom. The Labute approximate surface area is 94.5 Å². The fourth-order valence-corrected chi connectivity index (χ4v) is 1.59. The van der Waals surface area contributed by atoms with Gasteiger partial charge in [0.2, 0.25) is 0 Å². The molecule has 0 radical (unpaired) electrons. The van der Waals surface area contributed by atoms with Gasteiger partial charge in [0.15, 0.2) is 0 Å². The summed E-state index contributed by atoms with van der Waals surface area (Å²) in [6, 6.07) is 7.44. The van der Waals surface area contributed by atoms with Crippen LogP contribution in [0.2, 0.25) is 0 Å². The third-order valence-corrected chi connectivity index (χ3v) is 2.36. The van der Waals surface area contributed by atoms with E-state index >= 15 is 0 Å². The van der Waals surface area contributed by atoms with Crippen molar-refractivity contribution in [2.24, 2.45) is 0 Å². The SMILES string of the molecule is Cc1cccc(C(O)CN(C)CC(F)F)c1. The molecule has 1 aromatic carbocycles. The molecule has 0 bridgehead atoms. The second kappa shape index (κ2) is 5.92. The van der Waals surface area contributed by atoms with Crippen LogP contribution in [-0.4, -0.2) is 36.6 Å². The van der Waals surface area contributed by atoms with E-state index in [2.05, 4.69) is 0 Å². The highest BCUT2D eigenvalue weighted by molar-refractivity contribution is 5.24. The van der Waals surface area contributed by atoms with Gasteiger partial charge in [0, 0.05) is 6.54 Å². The molecule has 1 unspecified atom stereocenters. The number of rotatable bonds is 5. The molecule has 0 spiro atoms. The minimum atomic E-state index is -2.37. The normalized spacial score (nSPS) is 13.4. The minimum Gasteiger partial charge on any atom is -0.387 e. The molecule has 0 saturated heterocycles. The van der Waals surface area contributed by atoms with Crippen molar-refractivity contribution in [1.29, 1.82) is 0 Å². The van der Waals surface area contributed by atoms with E-state index in [9.17, 15) is 13.9 Å². The van der Waals surface area contributed by atoms with E-state index in [-0.39, 0.29) is 13.1 Å². The van der Waals surface area contributed by atoms with Crippen LogP contribution in [0.5, 0.6) is 0 Å². The number of hydrogen-bond acceptors (Lipinski definition) is 2. The Balaban J connectivity index is 2.55. The van der Waals surface area contributed by atoms with Crippen LogP contribution in [0.1, 0.15) is 17.2 Å². The maximum absolute atomic E-state index is 12.1. The Bertz CT molecular complexity index is 331. The second-order valence-corrected chi connectivity index (χ2v) is 4.04. The number of benzene rings is 1. The molecule has 2 nitrogen and oxygen atoms in total. The van der Waals surface area contributed by atoms with Crippen LogP contribution in [0, 0.1) is 6.92 Å². The summed E-state index contributed by atoms with van der Waals surface area (Å²) in [6.07, 6.45) is -3.08. The lowest BCUT2D eigenvalue weighted by Crippen LogP contribution is -2.29. The first-order chi connectivity index (χ1) is 7.49. The fraction of sp³-hybridized carbons (Fsp3) is 0.500. The molecule has 16 heavy (non-hydrogen) atoms. The lowest BCUT2D eigenvalue weighted by Gasteiger charge is -2.20. The van der Waals surface area contributed by atoms with E-state index in [1.165, 1.54) is 4.90 Å². The van der Waals surface area contributed by atoms with Crippen molar-refractivity contribution in [1.82, 2.24) is 4.90 Å². The largest absolute Gasteiger partial charge is 0.387 e. The Morgan fingerprint density at radius 3 is 2.56 bits per heavy atom. The summed E-state index contributed by atoms with van der Waals surface area (Å²) in [4.78, 5) is 1.43. The molecule has 1 atom stereocenters. The van der Waals surface area contributed by atoms with Crippen molar-refractivity contribution in [3.8, 4) is 0 Å². The molecule has 0 amide bonds. The predicted molar refractivity (Wildman–Crippen MR) is 59.6 cm³/mol. The highest BCUT2D eigenvalue weighted by Crippen LogP contribution is 2.15. The summed E-state index contributed by atoms with van der Waals surface area (Å²) < 4.78 is 24.2. The predicted octanol–water partition coefficient (Wildman–Crippen LogP) is 2.23. The van der Waals surface area contributed by atoms with Gasteiger partial charge in [-0.2, -0.15) is 0 Å². The average molecular weight is 229 g/mol. The summed E-state index contributed by atoms with van der Waals surface area (Å²) >= 11 is 0. The average Bonchev–Trinajstić information content (AvgIpc) is 2.16. The van der Waals surface area contributed by atoms with Gasteiger partial charge in [0.05, 0.1) is 12.6 Å². The number of alkyl halides is 2. The highest BCUT2D eigenvalue weighted by atomic mass is 19.3. The molecule has 0 aliphatic heterocycles. The molecule has 1 aromatic rings. The van der Waals surface area contributed by atoms with Crippen LogP contribution in [0.15, 0.2) is 24.3 Å². The van der Waals surface area contributed by atoms with Crippen LogP contribution in [0.3, 0.4) is 0 Å². The van der Waals surface area contributed by atoms with Gasteiger partial charge in [-0.25, -0.2) is 8.78 Å². The molecule has 90 valence electrons. The molecule has 0 heterocycles. The van der Waals surface area contributed by atoms with Crippen LogP contribution >= 0.6 is 0 Å². The van der Waals surface area contributed by atoms with E-state index < -0.39 is 12.5 Å². The lowest BCUT2D eigenvalue weighted by atomic mass is 10.1. The molecular formula is C12H17F2NO. The van der Waals surface area contributed by atoms with Gasteiger partial charge < -0.3 is 5.11 Å². The van der Waals surface area contributed by atoms with Crippen molar-refractivity contribution in [3.05, 3.63) is 35.4 Å². The van der Waals surface area contributed by atoms with Crippen molar-refractivity contribution in [2.45, 2.75) is 19.5 Å². The van der Waals surface area contributed by atoms with Crippen molar-refractivity contribution < 1.29 is 13.9 Å². The minimum absolute atomic E-state index is 0.216. The maximum Gasteiger partial charge on any atom is 0.251 e. The topological polar surface area (TPSA) is 23.5 Å². The molecule has 0 aliphatic carbocycles. The third kappa shape index (κ3) is 4.24. The Kier molecular flexibility index (Phi) is 4.83. The number of halogens is 2. The zero-order valence-corrected chi connectivity index (χ0v) is 9.53. The monoisotopic (exact) mass is 229 g/mol. The van der Waals surface area contributed by atoms with Crippen molar-refractivity contribution in [3.63, 3.8) is 0 Å². The van der Waals surface area contributed by atoms with Crippen LogP contribution in [0.4, 0.5) is 8.78 Å². The van der Waals surface area contributed by atoms with Crippen LogP contribution < -0.4 is 0 Å². The molecular weight excluding hydrogens is 212 g/mol.